The van der Waals surface area contributed by atoms with Gasteiger partial charge in [-0.15, -0.1) is 0 Å². The van der Waals surface area contributed by atoms with E-state index in [0.29, 0.717) is 16.8 Å². The van der Waals surface area contributed by atoms with Crippen LogP contribution in [-0.2, 0) is 0 Å². The van der Waals surface area contributed by atoms with Crippen molar-refractivity contribution in [2.24, 2.45) is 0 Å². The molecule has 0 aliphatic carbocycles. The molecule has 2 aliphatic rings. The third-order valence-corrected chi connectivity index (χ3v) is 4.45. The second kappa shape index (κ2) is 5.92. The second-order valence-electron chi connectivity index (χ2n) is 7.35. The maximum absolute atomic E-state index is 12.6. The fourth-order valence-corrected chi connectivity index (χ4v) is 3.23. The van der Waals surface area contributed by atoms with Crippen LogP contribution >= 0.6 is 0 Å². The van der Waals surface area contributed by atoms with E-state index < -0.39 is 5.54 Å². The zero-order valence-corrected chi connectivity index (χ0v) is 14.4. The van der Waals surface area contributed by atoms with Gasteiger partial charge in [-0.05, 0) is 58.2 Å². The van der Waals surface area contributed by atoms with Crippen molar-refractivity contribution in [1.29, 1.82) is 0 Å². The molecule has 2 heterocycles. The normalized spacial score (nSPS) is 18.0. The summed E-state index contributed by atoms with van der Waals surface area (Å²) in [4.78, 5) is 40.4. The Morgan fingerprint density at radius 3 is 2.25 bits per heavy atom. The van der Waals surface area contributed by atoms with Gasteiger partial charge in [-0.1, -0.05) is 0 Å². The van der Waals surface area contributed by atoms with E-state index >= 15 is 0 Å². The third kappa shape index (κ3) is 2.88. The van der Waals surface area contributed by atoms with Crippen LogP contribution in [0.15, 0.2) is 18.2 Å². The number of carbonyl (C=O) groups excluding carboxylic acids is 3. The molecule has 0 unspecified atom stereocenters. The third-order valence-electron chi connectivity index (χ3n) is 4.45. The van der Waals surface area contributed by atoms with Crippen LogP contribution in [0, 0.1) is 0 Å². The topological polar surface area (TPSA) is 69.7 Å². The van der Waals surface area contributed by atoms with Crippen molar-refractivity contribution in [1.82, 2.24) is 9.80 Å². The number of hydrogen-bond donors (Lipinski definition) is 1. The minimum absolute atomic E-state index is 0.154. The summed E-state index contributed by atoms with van der Waals surface area (Å²) in [7, 11) is 0. The standard InChI is InChI=1S/C18H23N3O3/c1-18(2,3)21-15(22)13-8-7-12(11-14(13)16(21)23)19-17(24)20-9-5-4-6-10-20/h7-8,11H,4-6,9-10H2,1-3H3,(H,19,24). The van der Waals surface area contributed by atoms with Gasteiger partial charge in [0, 0.05) is 24.3 Å². The first kappa shape index (κ1) is 16.5. The summed E-state index contributed by atoms with van der Waals surface area (Å²) in [5.74, 6) is -0.590. The van der Waals surface area contributed by atoms with Gasteiger partial charge >= 0.3 is 6.03 Å². The first-order valence-corrected chi connectivity index (χ1v) is 8.38. The number of nitrogens with zero attached hydrogens (tertiary/aromatic N) is 2. The lowest BCUT2D eigenvalue weighted by Crippen LogP contribution is -2.45. The molecule has 0 spiro atoms. The number of fused-ring (bicyclic) bond motifs is 1. The molecule has 1 fully saturated rings. The first-order valence-electron chi connectivity index (χ1n) is 8.38. The molecule has 1 N–H and O–H groups in total. The zero-order valence-electron chi connectivity index (χ0n) is 14.4. The van der Waals surface area contributed by atoms with E-state index in [2.05, 4.69) is 5.32 Å². The summed E-state index contributed by atoms with van der Waals surface area (Å²) in [5, 5.41) is 2.84. The van der Waals surface area contributed by atoms with Crippen LogP contribution in [0.4, 0.5) is 10.5 Å². The number of amides is 4. The van der Waals surface area contributed by atoms with Crippen LogP contribution in [0.25, 0.3) is 0 Å². The van der Waals surface area contributed by atoms with Gasteiger partial charge in [-0.25, -0.2) is 4.79 Å². The molecular formula is C18H23N3O3. The van der Waals surface area contributed by atoms with E-state index in [4.69, 9.17) is 0 Å². The Hall–Kier alpha value is -2.37. The minimum Gasteiger partial charge on any atom is -0.325 e. The van der Waals surface area contributed by atoms with Crippen LogP contribution in [0.3, 0.4) is 0 Å². The van der Waals surface area contributed by atoms with Crippen molar-refractivity contribution >= 4 is 23.5 Å². The Morgan fingerprint density at radius 1 is 1.00 bits per heavy atom. The first-order chi connectivity index (χ1) is 11.3. The summed E-state index contributed by atoms with van der Waals surface area (Å²) in [6.45, 7) is 6.99. The number of piperidine rings is 1. The monoisotopic (exact) mass is 329 g/mol. The van der Waals surface area contributed by atoms with Gasteiger partial charge in [0.15, 0.2) is 0 Å². The molecule has 1 aromatic carbocycles. The molecule has 0 bridgehead atoms. The van der Waals surface area contributed by atoms with Crippen molar-refractivity contribution in [3.8, 4) is 0 Å². The average molecular weight is 329 g/mol. The molecule has 6 heteroatoms. The molecule has 0 radical (unpaired) electrons. The van der Waals surface area contributed by atoms with Crippen LogP contribution in [0.2, 0.25) is 0 Å². The molecule has 0 aromatic heterocycles. The van der Waals surface area contributed by atoms with E-state index in [1.54, 1.807) is 23.1 Å². The summed E-state index contributed by atoms with van der Waals surface area (Å²) >= 11 is 0. The number of benzene rings is 1. The molecule has 24 heavy (non-hydrogen) atoms. The maximum Gasteiger partial charge on any atom is 0.321 e. The minimum atomic E-state index is -0.579. The Kier molecular flexibility index (Phi) is 4.07. The number of nitrogens with one attached hydrogen (secondary N) is 1. The number of likely N-dealkylation sites (tertiary alicyclic amines) is 1. The fourth-order valence-electron chi connectivity index (χ4n) is 3.23. The lowest BCUT2D eigenvalue weighted by Gasteiger charge is -2.29. The Morgan fingerprint density at radius 2 is 1.62 bits per heavy atom. The highest BCUT2D eigenvalue weighted by Crippen LogP contribution is 2.31. The number of carbonyl (C=O) groups is 3. The average Bonchev–Trinajstić information content (AvgIpc) is 2.79. The van der Waals surface area contributed by atoms with E-state index in [0.717, 1.165) is 32.4 Å². The van der Waals surface area contributed by atoms with Gasteiger partial charge in [0.2, 0.25) is 0 Å². The highest BCUT2D eigenvalue weighted by Gasteiger charge is 2.41. The van der Waals surface area contributed by atoms with Gasteiger partial charge in [0.05, 0.1) is 11.1 Å². The number of urea groups is 1. The molecule has 0 saturated carbocycles. The molecule has 3 rings (SSSR count). The second-order valence-corrected chi connectivity index (χ2v) is 7.35. The van der Waals surface area contributed by atoms with Gasteiger partial charge < -0.3 is 10.2 Å². The number of anilines is 1. The van der Waals surface area contributed by atoms with Crippen LogP contribution in [-0.4, -0.2) is 46.3 Å². The summed E-state index contributed by atoms with van der Waals surface area (Å²) < 4.78 is 0. The highest BCUT2D eigenvalue weighted by molar-refractivity contribution is 6.22. The molecule has 2 aliphatic heterocycles. The number of hydrogen-bond acceptors (Lipinski definition) is 3. The fraction of sp³-hybridized carbons (Fsp3) is 0.500. The molecule has 1 aromatic rings. The van der Waals surface area contributed by atoms with Crippen molar-refractivity contribution in [2.45, 2.75) is 45.6 Å². The highest BCUT2D eigenvalue weighted by atomic mass is 16.2. The van der Waals surface area contributed by atoms with E-state index in [1.807, 2.05) is 20.8 Å². The summed E-state index contributed by atoms with van der Waals surface area (Å²) in [6.07, 6.45) is 3.19. The molecule has 0 atom stereocenters. The quantitative estimate of drug-likeness (QED) is 0.805. The van der Waals surface area contributed by atoms with Crippen LogP contribution in [0.1, 0.15) is 60.7 Å². The molecule has 6 nitrogen and oxygen atoms in total. The lowest BCUT2D eigenvalue weighted by atomic mass is 10.1. The van der Waals surface area contributed by atoms with E-state index in [1.165, 1.54) is 4.90 Å². The zero-order chi connectivity index (χ0) is 17.5. The van der Waals surface area contributed by atoms with E-state index in [-0.39, 0.29) is 17.8 Å². The number of rotatable bonds is 1. The van der Waals surface area contributed by atoms with Crippen molar-refractivity contribution in [2.75, 3.05) is 18.4 Å². The summed E-state index contributed by atoms with van der Waals surface area (Å²) in [6, 6.07) is 4.74. The molecule has 4 amide bonds. The SMILES string of the molecule is CC(C)(C)N1C(=O)c2ccc(NC(=O)N3CCCCC3)cc2C1=O. The molecule has 1 saturated heterocycles. The smallest absolute Gasteiger partial charge is 0.321 e. The Balaban J connectivity index is 1.81. The van der Waals surface area contributed by atoms with E-state index in [9.17, 15) is 14.4 Å². The molecular weight excluding hydrogens is 306 g/mol. The molecule has 128 valence electrons. The predicted octanol–water partition coefficient (Wildman–Crippen LogP) is 3.10. The van der Waals surface area contributed by atoms with Crippen LogP contribution < -0.4 is 5.32 Å². The Labute approximate surface area is 141 Å². The lowest BCUT2D eigenvalue weighted by molar-refractivity contribution is 0.0507. The van der Waals surface area contributed by atoms with Gasteiger partial charge in [0.1, 0.15) is 0 Å². The van der Waals surface area contributed by atoms with Gasteiger partial charge in [0.25, 0.3) is 11.8 Å². The number of imide groups is 1. The van der Waals surface area contributed by atoms with Crippen LogP contribution in [0.5, 0.6) is 0 Å². The van der Waals surface area contributed by atoms with Gasteiger partial charge in [-0.2, -0.15) is 0 Å². The Bertz CT molecular complexity index is 700. The van der Waals surface area contributed by atoms with Gasteiger partial charge in [-0.3, -0.25) is 14.5 Å². The van der Waals surface area contributed by atoms with Crippen molar-refractivity contribution in [3.05, 3.63) is 29.3 Å². The maximum atomic E-state index is 12.6. The van der Waals surface area contributed by atoms with Crippen molar-refractivity contribution < 1.29 is 14.4 Å². The van der Waals surface area contributed by atoms with Crippen molar-refractivity contribution in [3.63, 3.8) is 0 Å². The predicted molar refractivity (Wildman–Crippen MR) is 91.1 cm³/mol. The largest absolute Gasteiger partial charge is 0.325 e. The summed E-state index contributed by atoms with van der Waals surface area (Å²) in [5.41, 5.74) is 0.711.